The quantitative estimate of drug-likeness (QED) is 0.817. The summed E-state index contributed by atoms with van der Waals surface area (Å²) in [6.45, 7) is 0. The molecule has 1 aliphatic heterocycles. The second kappa shape index (κ2) is 4.32. The van der Waals surface area contributed by atoms with Crippen LogP contribution < -0.4 is 9.75 Å². The fourth-order valence-electron chi connectivity index (χ4n) is 1.58. The Morgan fingerprint density at radius 2 is 2.00 bits per heavy atom. The van der Waals surface area contributed by atoms with Crippen molar-refractivity contribution in [2.45, 2.75) is 12.6 Å². The minimum absolute atomic E-state index is 0.198. The smallest absolute Gasteiger partial charge is 0.431 e. The highest BCUT2D eigenvalue weighted by Gasteiger charge is 2.43. The molecule has 0 bridgehead atoms. The van der Waals surface area contributed by atoms with E-state index in [-0.39, 0.29) is 11.4 Å². The van der Waals surface area contributed by atoms with Crippen molar-refractivity contribution >= 4 is 17.3 Å². The number of carbonyl (C=O) groups is 1. The zero-order valence-corrected chi connectivity index (χ0v) is 9.36. The first-order valence-corrected chi connectivity index (χ1v) is 5.04. The highest BCUT2D eigenvalue weighted by molar-refractivity contribution is 6.15. The number of hydrazone groups is 1. The molecule has 1 heterocycles. The molecular weight excluding hydrogens is 249 g/mol. The average molecular weight is 258 g/mol. The molecule has 0 saturated carbocycles. The van der Waals surface area contributed by atoms with Crippen molar-refractivity contribution in [3.63, 3.8) is 0 Å². The van der Waals surface area contributed by atoms with Gasteiger partial charge in [0.2, 0.25) is 0 Å². The molecule has 1 aliphatic rings. The molecule has 0 radical (unpaired) electrons. The number of nitrogens with zero attached hydrogens (tertiary/aromatic N) is 2. The van der Waals surface area contributed by atoms with E-state index >= 15 is 0 Å². The zero-order valence-electron chi connectivity index (χ0n) is 9.36. The van der Waals surface area contributed by atoms with Gasteiger partial charge in [-0.2, -0.15) is 23.3 Å². The van der Waals surface area contributed by atoms with Crippen LogP contribution in [0.15, 0.2) is 29.4 Å². The average Bonchev–Trinajstić information content (AvgIpc) is 2.71. The van der Waals surface area contributed by atoms with Crippen LogP contribution in [0.5, 0.6) is 5.75 Å². The van der Waals surface area contributed by atoms with Gasteiger partial charge in [-0.3, -0.25) is 4.79 Å². The largest absolute Gasteiger partial charge is 0.494 e. The van der Waals surface area contributed by atoms with Gasteiger partial charge in [-0.05, 0) is 12.1 Å². The van der Waals surface area contributed by atoms with Crippen molar-refractivity contribution in [3.05, 3.63) is 24.3 Å². The molecule has 1 aromatic rings. The molecule has 0 atom stereocenters. The molecule has 2 rings (SSSR count). The Morgan fingerprint density at radius 1 is 1.33 bits per heavy atom. The summed E-state index contributed by atoms with van der Waals surface area (Å²) in [7, 11) is 1.37. The lowest BCUT2D eigenvalue weighted by molar-refractivity contribution is -0.117. The van der Waals surface area contributed by atoms with Crippen LogP contribution in [0.25, 0.3) is 0 Å². The number of hydrogen-bond donors (Lipinski definition) is 0. The van der Waals surface area contributed by atoms with E-state index in [0.717, 1.165) is 5.01 Å². The van der Waals surface area contributed by atoms with Crippen LogP contribution >= 0.6 is 0 Å². The fourth-order valence-corrected chi connectivity index (χ4v) is 1.58. The Hall–Kier alpha value is -2.05. The predicted octanol–water partition coefficient (Wildman–Crippen LogP) is 2.35. The summed E-state index contributed by atoms with van der Waals surface area (Å²) in [5, 5.41) is 4.04. The summed E-state index contributed by atoms with van der Waals surface area (Å²) in [6, 6.07) is 6.26. The molecule has 18 heavy (non-hydrogen) atoms. The van der Waals surface area contributed by atoms with E-state index in [0.29, 0.717) is 0 Å². The molecule has 0 aliphatic carbocycles. The molecule has 1 aromatic carbocycles. The number of carbonyl (C=O) groups excluding carboxylic acids is 1. The minimum atomic E-state index is -4.59. The molecule has 0 fully saturated rings. The predicted molar refractivity (Wildman–Crippen MR) is 58.6 cm³/mol. The number of methoxy groups -OCH3 is 1. The van der Waals surface area contributed by atoms with E-state index in [1.54, 1.807) is 18.2 Å². The van der Waals surface area contributed by atoms with Gasteiger partial charge in [-0.15, -0.1) is 0 Å². The Labute approximate surface area is 101 Å². The van der Waals surface area contributed by atoms with Crippen molar-refractivity contribution in [3.8, 4) is 5.75 Å². The number of hydrogen-bond acceptors (Lipinski definition) is 3. The molecule has 0 unspecified atom stereocenters. The monoisotopic (exact) mass is 258 g/mol. The normalized spacial score (nSPS) is 15.9. The van der Waals surface area contributed by atoms with Crippen molar-refractivity contribution in [1.29, 1.82) is 0 Å². The van der Waals surface area contributed by atoms with Crippen molar-refractivity contribution in [2.24, 2.45) is 5.10 Å². The van der Waals surface area contributed by atoms with Gasteiger partial charge >= 0.3 is 6.18 Å². The molecule has 0 saturated heterocycles. The number of anilines is 1. The SMILES string of the molecule is COc1ccccc1N1N=C(C(F)(F)F)CC1=O. The van der Waals surface area contributed by atoms with Crippen molar-refractivity contribution in [2.75, 3.05) is 12.1 Å². The molecule has 96 valence electrons. The van der Waals surface area contributed by atoms with Crippen LogP contribution in [0.4, 0.5) is 18.9 Å². The number of para-hydroxylation sites is 2. The van der Waals surface area contributed by atoms with Gasteiger partial charge < -0.3 is 4.74 Å². The Morgan fingerprint density at radius 3 is 2.56 bits per heavy atom. The van der Waals surface area contributed by atoms with Crippen molar-refractivity contribution < 1.29 is 22.7 Å². The maximum Gasteiger partial charge on any atom is 0.431 e. The number of benzene rings is 1. The standard InChI is InChI=1S/C11H9F3N2O2/c1-18-8-5-3-2-4-7(8)16-10(17)6-9(15-16)11(12,13)14/h2-5H,6H2,1H3. The Balaban J connectivity index is 2.40. The Kier molecular flexibility index (Phi) is 2.98. The number of amides is 1. The molecule has 7 heteroatoms. The molecule has 4 nitrogen and oxygen atoms in total. The summed E-state index contributed by atoms with van der Waals surface area (Å²) >= 11 is 0. The van der Waals surface area contributed by atoms with Gasteiger partial charge in [0, 0.05) is 0 Å². The van der Waals surface area contributed by atoms with Crippen LogP contribution in [0.1, 0.15) is 6.42 Å². The van der Waals surface area contributed by atoms with Gasteiger partial charge in [0.15, 0.2) is 5.71 Å². The van der Waals surface area contributed by atoms with Crippen LogP contribution in [0, 0.1) is 0 Å². The maximum atomic E-state index is 12.5. The fraction of sp³-hybridized carbons (Fsp3) is 0.273. The topological polar surface area (TPSA) is 41.9 Å². The second-order valence-corrected chi connectivity index (χ2v) is 3.60. The van der Waals surface area contributed by atoms with E-state index in [1.165, 1.54) is 13.2 Å². The third-order valence-electron chi connectivity index (χ3n) is 2.42. The molecule has 0 aromatic heterocycles. The van der Waals surface area contributed by atoms with Gasteiger partial charge in [-0.25, -0.2) is 0 Å². The van der Waals surface area contributed by atoms with Crippen molar-refractivity contribution in [1.82, 2.24) is 0 Å². The first-order valence-electron chi connectivity index (χ1n) is 5.04. The maximum absolute atomic E-state index is 12.5. The molecule has 0 spiro atoms. The summed E-state index contributed by atoms with van der Waals surface area (Å²) in [4.78, 5) is 11.6. The van der Waals surface area contributed by atoms with E-state index < -0.39 is 24.2 Å². The van der Waals surface area contributed by atoms with E-state index in [4.69, 9.17) is 4.74 Å². The summed E-state index contributed by atoms with van der Waals surface area (Å²) in [5.74, 6) is -0.440. The Bertz CT molecular complexity index is 511. The summed E-state index contributed by atoms with van der Waals surface area (Å²) < 4.78 is 42.4. The van der Waals surface area contributed by atoms with Gasteiger partial charge in [-0.1, -0.05) is 12.1 Å². The number of ether oxygens (including phenoxy) is 1. The lowest BCUT2D eigenvalue weighted by Crippen LogP contribution is -2.22. The first-order chi connectivity index (χ1) is 8.43. The number of halogens is 3. The molecule has 1 amide bonds. The minimum Gasteiger partial charge on any atom is -0.494 e. The first kappa shape index (κ1) is 12.4. The van der Waals surface area contributed by atoms with E-state index in [2.05, 4.69) is 5.10 Å². The van der Waals surface area contributed by atoms with Crippen LogP contribution in [-0.4, -0.2) is 24.9 Å². The zero-order chi connectivity index (χ0) is 13.3. The van der Waals surface area contributed by atoms with Gasteiger partial charge in [0.25, 0.3) is 5.91 Å². The second-order valence-electron chi connectivity index (χ2n) is 3.60. The third kappa shape index (κ3) is 2.15. The lowest BCUT2D eigenvalue weighted by Gasteiger charge is -2.14. The highest BCUT2D eigenvalue weighted by atomic mass is 19.4. The molecule has 0 N–H and O–H groups in total. The van der Waals surface area contributed by atoms with Crippen LogP contribution in [0.3, 0.4) is 0 Å². The number of alkyl halides is 3. The van der Waals surface area contributed by atoms with E-state index in [9.17, 15) is 18.0 Å². The van der Waals surface area contributed by atoms with Crippen LogP contribution in [0.2, 0.25) is 0 Å². The molecular formula is C11H9F3N2O2. The lowest BCUT2D eigenvalue weighted by atomic mass is 10.2. The van der Waals surface area contributed by atoms with Crippen LogP contribution in [-0.2, 0) is 4.79 Å². The third-order valence-corrected chi connectivity index (χ3v) is 2.42. The highest BCUT2D eigenvalue weighted by Crippen LogP contribution is 2.33. The van der Waals surface area contributed by atoms with E-state index in [1.807, 2.05) is 0 Å². The van der Waals surface area contributed by atoms with Gasteiger partial charge in [0.1, 0.15) is 11.4 Å². The summed E-state index contributed by atoms with van der Waals surface area (Å²) in [5.41, 5.74) is -0.900. The summed E-state index contributed by atoms with van der Waals surface area (Å²) in [6.07, 6.45) is -5.34. The number of rotatable bonds is 2. The van der Waals surface area contributed by atoms with Gasteiger partial charge in [0.05, 0.1) is 13.5 Å².